The molecule has 19 heavy (non-hydrogen) atoms. The van der Waals surface area contributed by atoms with Crippen molar-refractivity contribution in [1.82, 2.24) is 5.32 Å². The minimum Gasteiger partial charge on any atom is -0.507 e. The highest BCUT2D eigenvalue weighted by Crippen LogP contribution is 2.22. The number of carbonyl (C=O) groups is 1. The Kier molecular flexibility index (Phi) is 6.70. The lowest BCUT2D eigenvalue weighted by Crippen LogP contribution is -2.27. The highest BCUT2D eigenvalue weighted by Gasteiger charge is 2.11. The van der Waals surface area contributed by atoms with Crippen LogP contribution in [0.25, 0.3) is 0 Å². The van der Waals surface area contributed by atoms with E-state index in [0.717, 1.165) is 0 Å². The molecule has 0 aliphatic rings. The lowest BCUT2D eigenvalue weighted by molar-refractivity contribution is 0.0692. The van der Waals surface area contributed by atoms with Crippen molar-refractivity contribution in [3.05, 3.63) is 23.8 Å². The number of nitrogens with one attached hydrogen (secondary N) is 1. The summed E-state index contributed by atoms with van der Waals surface area (Å²) in [5.74, 6) is 0.0598. The molecule has 1 aromatic rings. The minimum absolute atomic E-state index is 0.0846. The zero-order valence-electron chi connectivity index (χ0n) is 11.1. The average Bonchev–Trinajstić information content (AvgIpc) is 2.43. The van der Waals surface area contributed by atoms with Gasteiger partial charge in [-0.25, -0.2) is 0 Å². The lowest BCUT2D eigenvalue weighted by Gasteiger charge is -2.08. The van der Waals surface area contributed by atoms with Gasteiger partial charge in [0.25, 0.3) is 5.91 Å². The highest BCUT2D eigenvalue weighted by atomic mass is 16.5. The van der Waals surface area contributed by atoms with E-state index in [0.29, 0.717) is 32.1 Å². The van der Waals surface area contributed by atoms with Crippen LogP contribution in [-0.4, -0.2) is 51.6 Å². The average molecular weight is 269 g/mol. The van der Waals surface area contributed by atoms with Gasteiger partial charge in [-0.3, -0.25) is 4.79 Å². The van der Waals surface area contributed by atoms with Crippen molar-refractivity contribution in [2.24, 2.45) is 0 Å². The van der Waals surface area contributed by atoms with Gasteiger partial charge in [0.2, 0.25) is 0 Å². The van der Waals surface area contributed by atoms with Gasteiger partial charge < -0.3 is 24.6 Å². The molecule has 0 bridgehead atoms. The number of carbonyl (C=O) groups excluding carboxylic acids is 1. The minimum atomic E-state index is -0.369. The van der Waals surface area contributed by atoms with Crippen molar-refractivity contribution in [2.45, 2.75) is 0 Å². The summed E-state index contributed by atoms with van der Waals surface area (Å²) in [7, 11) is 3.09. The number of amides is 1. The molecule has 0 heterocycles. The molecule has 2 N–H and O–H groups in total. The van der Waals surface area contributed by atoms with E-state index in [-0.39, 0.29) is 17.2 Å². The summed E-state index contributed by atoms with van der Waals surface area (Å²) in [6.45, 7) is 1.75. The first-order valence-electron chi connectivity index (χ1n) is 5.91. The molecule has 0 aromatic heterocycles. The topological polar surface area (TPSA) is 77.0 Å². The van der Waals surface area contributed by atoms with Crippen LogP contribution in [0, 0.1) is 0 Å². The molecule has 1 aromatic carbocycles. The van der Waals surface area contributed by atoms with Gasteiger partial charge in [-0.2, -0.15) is 0 Å². The normalized spacial score (nSPS) is 10.2. The summed E-state index contributed by atoms with van der Waals surface area (Å²) >= 11 is 0. The van der Waals surface area contributed by atoms with Crippen molar-refractivity contribution in [2.75, 3.05) is 40.6 Å². The van der Waals surface area contributed by atoms with Crippen LogP contribution in [0.3, 0.4) is 0 Å². The van der Waals surface area contributed by atoms with Gasteiger partial charge in [0.15, 0.2) is 0 Å². The van der Waals surface area contributed by atoms with Crippen LogP contribution in [0.4, 0.5) is 0 Å². The molecule has 0 saturated carbocycles. The van der Waals surface area contributed by atoms with Crippen LogP contribution in [0.15, 0.2) is 18.2 Å². The number of methoxy groups -OCH3 is 2. The van der Waals surface area contributed by atoms with E-state index >= 15 is 0 Å². The molecule has 0 unspecified atom stereocenters. The van der Waals surface area contributed by atoms with Gasteiger partial charge in [-0.05, 0) is 18.2 Å². The third kappa shape index (κ3) is 5.15. The predicted octanol–water partition coefficient (Wildman–Crippen LogP) is 0.794. The molecule has 6 heteroatoms. The number of ether oxygens (including phenoxy) is 3. The molecule has 0 aliphatic carbocycles. The first-order valence-corrected chi connectivity index (χ1v) is 5.91. The molecule has 0 radical (unpaired) electrons. The van der Waals surface area contributed by atoms with Crippen LogP contribution >= 0.6 is 0 Å². The van der Waals surface area contributed by atoms with Crippen LogP contribution in [0.2, 0.25) is 0 Å². The second-order valence-electron chi connectivity index (χ2n) is 3.74. The number of phenolic OH excluding ortho intramolecular Hbond substituents is 1. The number of phenols is 1. The Bertz CT molecular complexity index is 408. The summed E-state index contributed by atoms with van der Waals surface area (Å²) in [6.07, 6.45) is 0. The van der Waals surface area contributed by atoms with Crippen molar-refractivity contribution in [3.8, 4) is 11.5 Å². The van der Waals surface area contributed by atoms with Crippen molar-refractivity contribution < 1.29 is 24.1 Å². The molecule has 0 aliphatic heterocycles. The second kappa shape index (κ2) is 8.34. The SMILES string of the molecule is COCCOCCNC(=O)c1cc(OC)ccc1O. The molecule has 1 rings (SSSR count). The molecule has 1 amide bonds. The monoisotopic (exact) mass is 269 g/mol. The Hall–Kier alpha value is -1.79. The summed E-state index contributed by atoms with van der Waals surface area (Å²) < 4.78 is 15.0. The number of rotatable bonds is 8. The van der Waals surface area contributed by atoms with Gasteiger partial charge in [-0.15, -0.1) is 0 Å². The maximum Gasteiger partial charge on any atom is 0.255 e. The Morgan fingerprint density at radius 1 is 1.26 bits per heavy atom. The van der Waals surface area contributed by atoms with Gasteiger partial charge in [-0.1, -0.05) is 0 Å². The fourth-order valence-corrected chi connectivity index (χ4v) is 1.40. The molecule has 0 spiro atoms. The molecule has 6 nitrogen and oxygen atoms in total. The maximum atomic E-state index is 11.8. The van der Waals surface area contributed by atoms with Gasteiger partial charge in [0.05, 0.1) is 32.5 Å². The largest absolute Gasteiger partial charge is 0.507 e. The van der Waals surface area contributed by atoms with Gasteiger partial charge >= 0.3 is 0 Å². The number of hydrogen-bond donors (Lipinski definition) is 2. The predicted molar refractivity (Wildman–Crippen MR) is 69.7 cm³/mol. The zero-order valence-corrected chi connectivity index (χ0v) is 11.1. The zero-order chi connectivity index (χ0) is 14.1. The van der Waals surface area contributed by atoms with E-state index in [1.165, 1.54) is 19.2 Å². The fourth-order valence-electron chi connectivity index (χ4n) is 1.40. The summed E-state index contributed by atoms with van der Waals surface area (Å²) in [4.78, 5) is 11.8. The van der Waals surface area contributed by atoms with E-state index in [9.17, 15) is 9.90 Å². The molecular formula is C13H19NO5. The lowest BCUT2D eigenvalue weighted by atomic mass is 10.2. The standard InChI is InChI=1S/C13H19NO5/c1-17-7-8-19-6-5-14-13(16)11-9-10(18-2)3-4-12(11)15/h3-4,9,15H,5-8H2,1-2H3,(H,14,16). The van der Waals surface area contributed by atoms with Crippen molar-refractivity contribution >= 4 is 5.91 Å². The van der Waals surface area contributed by atoms with Crippen LogP contribution in [-0.2, 0) is 9.47 Å². The Morgan fingerprint density at radius 2 is 2.05 bits per heavy atom. The summed E-state index contributed by atoms with van der Waals surface area (Å²) in [5, 5.41) is 12.3. The van der Waals surface area contributed by atoms with E-state index in [1.807, 2.05) is 0 Å². The number of hydrogen-bond acceptors (Lipinski definition) is 5. The number of aromatic hydroxyl groups is 1. The van der Waals surface area contributed by atoms with Crippen molar-refractivity contribution in [3.63, 3.8) is 0 Å². The van der Waals surface area contributed by atoms with E-state index < -0.39 is 0 Å². The third-order valence-corrected chi connectivity index (χ3v) is 2.41. The second-order valence-corrected chi connectivity index (χ2v) is 3.74. The quantitative estimate of drug-likeness (QED) is 0.682. The first kappa shape index (κ1) is 15.3. The van der Waals surface area contributed by atoms with E-state index in [4.69, 9.17) is 14.2 Å². The summed E-state index contributed by atoms with van der Waals surface area (Å²) in [6, 6.07) is 4.49. The Labute approximate surface area is 112 Å². The number of benzene rings is 1. The molecule has 106 valence electrons. The highest BCUT2D eigenvalue weighted by molar-refractivity contribution is 5.97. The van der Waals surface area contributed by atoms with Crippen LogP contribution < -0.4 is 10.1 Å². The Balaban J connectivity index is 2.40. The summed E-state index contributed by atoms with van der Waals surface area (Å²) in [5.41, 5.74) is 0.177. The van der Waals surface area contributed by atoms with Crippen molar-refractivity contribution in [1.29, 1.82) is 0 Å². The van der Waals surface area contributed by atoms with E-state index in [1.54, 1.807) is 13.2 Å². The van der Waals surface area contributed by atoms with Crippen LogP contribution in [0.5, 0.6) is 11.5 Å². The van der Waals surface area contributed by atoms with E-state index in [2.05, 4.69) is 5.32 Å². The Morgan fingerprint density at radius 3 is 2.74 bits per heavy atom. The first-order chi connectivity index (χ1) is 9.19. The third-order valence-electron chi connectivity index (χ3n) is 2.41. The van der Waals surface area contributed by atoms with Gasteiger partial charge in [0.1, 0.15) is 11.5 Å². The molecule has 0 fully saturated rings. The fraction of sp³-hybridized carbons (Fsp3) is 0.462. The van der Waals surface area contributed by atoms with Gasteiger partial charge in [0, 0.05) is 13.7 Å². The van der Waals surface area contributed by atoms with Crippen LogP contribution in [0.1, 0.15) is 10.4 Å². The maximum absolute atomic E-state index is 11.8. The molecule has 0 atom stereocenters. The molecular weight excluding hydrogens is 250 g/mol. The molecule has 0 saturated heterocycles. The smallest absolute Gasteiger partial charge is 0.255 e.